The van der Waals surface area contributed by atoms with E-state index in [0.29, 0.717) is 0 Å². The molecule has 2 saturated heterocycles. The molecule has 0 N–H and O–H groups in total. The molecule has 0 aromatic carbocycles. The summed E-state index contributed by atoms with van der Waals surface area (Å²) < 4.78 is 9.67. The van der Waals surface area contributed by atoms with Crippen LogP contribution in [0.3, 0.4) is 0 Å². The van der Waals surface area contributed by atoms with E-state index in [1.54, 1.807) is 6.08 Å². The fourth-order valence-electron chi connectivity index (χ4n) is 1.87. The summed E-state index contributed by atoms with van der Waals surface area (Å²) in [4.78, 5) is 22.1. The molecule has 0 bridgehead atoms. The molecule has 1 aliphatic carbocycles. The lowest BCUT2D eigenvalue weighted by Gasteiger charge is -2.08. The predicted molar refractivity (Wildman–Crippen MR) is 35.9 cm³/mol. The molecule has 3 aliphatic rings. The lowest BCUT2D eigenvalue weighted by Crippen LogP contribution is -2.25. The Morgan fingerprint density at radius 2 is 2.00 bits per heavy atom. The van der Waals surface area contributed by atoms with E-state index in [1.807, 2.05) is 6.08 Å². The Balaban J connectivity index is 2.03. The van der Waals surface area contributed by atoms with E-state index in [9.17, 15) is 9.59 Å². The van der Waals surface area contributed by atoms with Crippen LogP contribution in [-0.4, -0.2) is 24.1 Å². The van der Waals surface area contributed by atoms with E-state index < -0.39 is 11.9 Å². The monoisotopic (exact) mass is 166 g/mol. The molecular weight excluding hydrogens is 160 g/mol. The first kappa shape index (κ1) is 6.37. The maximum atomic E-state index is 11.1. The minimum Gasteiger partial charge on any atom is -0.392 e. The molecule has 62 valence electrons. The van der Waals surface area contributed by atoms with Gasteiger partial charge in [0.2, 0.25) is 0 Å². The number of hydrogen-bond donors (Lipinski definition) is 0. The van der Waals surface area contributed by atoms with Gasteiger partial charge < -0.3 is 9.47 Å². The Morgan fingerprint density at radius 1 is 1.17 bits per heavy atom. The topological polar surface area (TPSA) is 55.9 Å². The van der Waals surface area contributed by atoms with Crippen LogP contribution >= 0.6 is 0 Å². The van der Waals surface area contributed by atoms with Crippen molar-refractivity contribution in [2.45, 2.75) is 12.2 Å². The largest absolute Gasteiger partial charge is 0.392 e. The Hall–Kier alpha value is -1.16. The molecule has 0 amide bonds. The lowest BCUT2D eigenvalue weighted by atomic mass is 9.86. The average molecular weight is 166 g/mol. The number of hydrogen-bond acceptors (Lipinski definition) is 4. The fourth-order valence-corrected chi connectivity index (χ4v) is 1.87. The van der Waals surface area contributed by atoms with Crippen molar-refractivity contribution in [1.29, 1.82) is 0 Å². The molecule has 0 spiro atoms. The van der Waals surface area contributed by atoms with Crippen LogP contribution in [0.2, 0.25) is 0 Å². The molecule has 12 heavy (non-hydrogen) atoms. The number of carbonyl (C=O) groups is 2. The summed E-state index contributed by atoms with van der Waals surface area (Å²) in [5, 5.41) is 0. The number of epoxide rings is 1. The summed E-state index contributed by atoms with van der Waals surface area (Å²) in [5.41, 5.74) is 0. The Labute approximate surface area is 68.1 Å². The third-order valence-electron chi connectivity index (χ3n) is 2.56. The lowest BCUT2D eigenvalue weighted by molar-refractivity contribution is -0.153. The third kappa shape index (κ3) is 0.610. The molecule has 0 saturated carbocycles. The zero-order valence-electron chi connectivity index (χ0n) is 6.10. The van der Waals surface area contributed by atoms with Crippen molar-refractivity contribution < 1.29 is 19.1 Å². The maximum Gasteiger partial charge on any atom is 0.321 e. The Kier molecular flexibility index (Phi) is 0.939. The van der Waals surface area contributed by atoms with E-state index in [0.717, 1.165) is 0 Å². The van der Waals surface area contributed by atoms with Gasteiger partial charge in [-0.05, 0) is 0 Å². The standard InChI is InChI=1S/C8H6O4/c9-7-3-1-2-4-6(11-4)5(3)8(10)12-7/h1-6H. The van der Waals surface area contributed by atoms with Crippen molar-refractivity contribution in [2.75, 3.05) is 0 Å². The van der Waals surface area contributed by atoms with Crippen molar-refractivity contribution >= 4 is 11.9 Å². The molecular formula is C8H6O4. The molecule has 4 heteroatoms. The summed E-state index contributed by atoms with van der Waals surface area (Å²) in [6.07, 6.45) is 3.49. The highest BCUT2D eigenvalue weighted by Crippen LogP contribution is 2.43. The van der Waals surface area contributed by atoms with Crippen LogP contribution in [0, 0.1) is 11.8 Å². The predicted octanol–water partition coefficient (Wildman–Crippen LogP) is -0.361. The van der Waals surface area contributed by atoms with Gasteiger partial charge in [0.05, 0.1) is 5.92 Å². The van der Waals surface area contributed by atoms with E-state index in [1.165, 1.54) is 0 Å². The maximum absolute atomic E-state index is 11.1. The van der Waals surface area contributed by atoms with Gasteiger partial charge >= 0.3 is 11.9 Å². The summed E-state index contributed by atoms with van der Waals surface area (Å²) in [5.74, 6) is -1.62. The van der Waals surface area contributed by atoms with Gasteiger partial charge in [0.1, 0.15) is 18.1 Å². The molecule has 4 unspecified atom stereocenters. The number of rotatable bonds is 0. The van der Waals surface area contributed by atoms with Crippen molar-refractivity contribution in [3.63, 3.8) is 0 Å². The van der Waals surface area contributed by atoms with E-state index in [-0.39, 0.29) is 24.0 Å². The molecule has 0 radical (unpaired) electrons. The first-order valence-electron chi connectivity index (χ1n) is 3.87. The van der Waals surface area contributed by atoms with Crippen LogP contribution in [0.4, 0.5) is 0 Å². The van der Waals surface area contributed by atoms with Gasteiger partial charge in [-0.1, -0.05) is 12.2 Å². The first-order valence-corrected chi connectivity index (χ1v) is 3.87. The number of ether oxygens (including phenoxy) is 2. The normalized spacial score (nSPS) is 48.3. The van der Waals surface area contributed by atoms with Gasteiger partial charge in [-0.15, -0.1) is 0 Å². The van der Waals surface area contributed by atoms with E-state index in [2.05, 4.69) is 4.74 Å². The fraction of sp³-hybridized carbons (Fsp3) is 0.500. The van der Waals surface area contributed by atoms with Gasteiger partial charge in [-0.3, -0.25) is 9.59 Å². The summed E-state index contributed by atoms with van der Waals surface area (Å²) in [6, 6.07) is 0. The van der Waals surface area contributed by atoms with E-state index in [4.69, 9.17) is 4.74 Å². The van der Waals surface area contributed by atoms with Crippen LogP contribution in [0.1, 0.15) is 0 Å². The Morgan fingerprint density at radius 3 is 2.83 bits per heavy atom. The van der Waals surface area contributed by atoms with E-state index >= 15 is 0 Å². The van der Waals surface area contributed by atoms with Crippen LogP contribution in [-0.2, 0) is 19.1 Å². The molecule has 0 aromatic heterocycles. The molecule has 4 atom stereocenters. The second kappa shape index (κ2) is 1.77. The van der Waals surface area contributed by atoms with Gasteiger partial charge in [0.25, 0.3) is 0 Å². The third-order valence-corrected chi connectivity index (χ3v) is 2.56. The number of esters is 2. The number of fused-ring (bicyclic) bond motifs is 3. The van der Waals surface area contributed by atoms with Crippen molar-refractivity contribution in [1.82, 2.24) is 0 Å². The van der Waals surface area contributed by atoms with Crippen LogP contribution in [0.25, 0.3) is 0 Å². The highest BCUT2D eigenvalue weighted by molar-refractivity contribution is 5.98. The van der Waals surface area contributed by atoms with Crippen molar-refractivity contribution in [3.05, 3.63) is 12.2 Å². The van der Waals surface area contributed by atoms with Gasteiger partial charge in [-0.2, -0.15) is 0 Å². The van der Waals surface area contributed by atoms with Crippen LogP contribution < -0.4 is 0 Å². The molecule has 4 nitrogen and oxygen atoms in total. The summed E-state index contributed by atoms with van der Waals surface area (Å²) in [7, 11) is 0. The molecule has 2 fully saturated rings. The van der Waals surface area contributed by atoms with Crippen molar-refractivity contribution in [3.8, 4) is 0 Å². The van der Waals surface area contributed by atoms with Crippen LogP contribution in [0.5, 0.6) is 0 Å². The number of cyclic esters (lactones) is 2. The molecule has 0 aromatic rings. The summed E-state index contributed by atoms with van der Waals surface area (Å²) >= 11 is 0. The Bertz CT molecular complexity index is 306. The highest BCUT2D eigenvalue weighted by Gasteiger charge is 2.58. The average Bonchev–Trinajstić information content (AvgIpc) is 2.74. The molecule has 2 aliphatic heterocycles. The number of carbonyl (C=O) groups excluding carboxylic acids is 2. The smallest absolute Gasteiger partial charge is 0.321 e. The van der Waals surface area contributed by atoms with Crippen LogP contribution in [0.15, 0.2) is 12.2 Å². The second-order valence-corrected chi connectivity index (χ2v) is 3.24. The molecule has 2 heterocycles. The summed E-state index contributed by atoms with van der Waals surface area (Å²) in [6.45, 7) is 0. The zero-order chi connectivity index (χ0) is 8.29. The SMILES string of the molecule is O=C1OC(=O)C2C1C=CC1OC12. The quantitative estimate of drug-likeness (QED) is 0.213. The van der Waals surface area contributed by atoms with Gasteiger partial charge in [-0.25, -0.2) is 0 Å². The molecule has 3 rings (SSSR count). The zero-order valence-corrected chi connectivity index (χ0v) is 6.10. The van der Waals surface area contributed by atoms with Gasteiger partial charge in [0.15, 0.2) is 0 Å². The minimum absolute atomic E-state index is 0.0460. The van der Waals surface area contributed by atoms with Gasteiger partial charge in [0, 0.05) is 0 Å². The van der Waals surface area contributed by atoms with Crippen molar-refractivity contribution in [2.24, 2.45) is 11.8 Å². The second-order valence-electron chi connectivity index (χ2n) is 3.24. The first-order chi connectivity index (χ1) is 5.77. The highest BCUT2D eigenvalue weighted by atomic mass is 16.6. The minimum atomic E-state index is -0.435.